The molecular weight excluding hydrogens is 877 g/mol. The highest BCUT2D eigenvalue weighted by Crippen LogP contribution is 2.57. The highest BCUT2D eigenvalue weighted by atomic mass is 15.0. The fourth-order valence-electron chi connectivity index (χ4n) is 10.2. The van der Waals surface area contributed by atoms with E-state index >= 15 is 0 Å². The van der Waals surface area contributed by atoms with Crippen molar-refractivity contribution >= 4 is 0 Å². The van der Waals surface area contributed by atoms with Gasteiger partial charge in [-0.15, -0.1) is 0 Å². The average Bonchev–Trinajstić information content (AvgIpc) is 3.77. The molecule has 0 atom stereocenters. The topological polar surface area (TPSA) is 77.3 Å². The first-order chi connectivity index (χ1) is 35.6. The maximum absolute atomic E-state index is 5.12. The van der Waals surface area contributed by atoms with E-state index in [1.807, 2.05) is 127 Å². The summed E-state index contributed by atoms with van der Waals surface area (Å²) in [6.07, 6.45) is 4.24. The zero-order chi connectivity index (χ0) is 48.4. The molecule has 0 N–H and O–H groups in total. The Bertz CT molecular complexity index is 3480. The van der Waals surface area contributed by atoms with E-state index in [1.165, 1.54) is 22.3 Å². The second-order valence-corrected chi connectivity index (χ2v) is 17.8. The fraction of sp³-hybridized carbons (Fsp3) is 0.0303. The molecule has 12 rings (SSSR count). The number of hydrogen-bond acceptors (Lipinski definition) is 6. The maximum Gasteiger partial charge on any atom is 0.164 e. The highest BCUT2D eigenvalue weighted by Gasteiger charge is 2.46. The van der Waals surface area contributed by atoms with Crippen LogP contribution in [-0.2, 0) is 5.41 Å². The third-order valence-corrected chi connectivity index (χ3v) is 13.6. The Balaban J connectivity index is 1.07. The Morgan fingerprint density at radius 2 is 0.611 bits per heavy atom. The van der Waals surface area contributed by atoms with E-state index < -0.39 is 5.41 Å². The van der Waals surface area contributed by atoms with Crippen LogP contribution in [0.25, 0.3) is 102 Å². The minimum Gasteiger partial charge on any atom is -0.208 e. The Morgan fingerprint density at radius 1 is 0.319 bits per heavy atom. The molecule has 0 saturated heterocycles. The van der Waals surface area contributed by atoms with Crippen LogP contribution < -0.4 is 0 Å². The molecule has 2 aromatic heterocycles. The van der Waals surface area contributed by atoms with E-state index in [4.69, 9.17) is 29.9 Å². The van der Waals surface area contributed by atoms with Gasteiger partial charge in [-0.05, 0) is 92.9 Å². The second kappa shape index (κ2) is 18.8. The van der Waals surface area contributed by atoms with Gasteiger partial charge in [-0.1, -0.05) is 225 Å². The summed E-state index contributed by atoms with van der Waals surface area (Å²) < 4.78 is 0. The highest BCUT2D eigenvalue weighted by molar-refractivity contribution is 5.89. The summed E-state index contributed by atoms with van der Waals surface area (Å²) in [7, 11) is 0. The Kier molecular flexibility index (Phi) is 11.4. The number of nitrogens with zero attached hydrogens (tertiary/aromatic N) is 6. The molecule has 2 heterocycles. The summed E-state index contributed by atoms with van der Waals surface area (Å²) >= 11 is 0. The van der Waals surface area contributed by atoms with Gasteiger partial charge in [0.05, 0.1) is 5.41 Å². The molecule has 11 aromatic rings. The lowest BCUT2D eigenvalue weighted by molar-refractivity contribution is 0.766. The summed E-state index contributed by atoms with van der Waals surface area (Å²) in [5.41, 5.74) is 15.9. The van der Waals surface area contributed by atoms with Crippen LogP contribution in [-0.4, -0.2) is 29.9 Å². The van der Waals surface area contributed by atoms with E-state index in [9.17, 15) is 0 Å². The van der Waals surface area contributed by atoms with Crippen LogP contribution in [0, 0.1) is 0 Å². The van der Waals surface area contributed by atoms with Crippen molar-refractivity contribution in [2.24, 2.45) is 0 Å². The van der Waals surface area contributed by atoms with Crippen molar-refractivity contribution in [1.29, 1.82) is 0 Å². The zero-order valence-corrected chi connectivity index (χ0v) is 39.6. The van der Waals surface area contributed by atoms with E-state index in [0.29, 0.717) is 34.9 Å². The van der Waals surface area contributed by atoms with Crippen molar-refractivity contribution in [2.45, 2.75) is 12.3 Å². The van der Waals surface area contributed by atoms with Crippen LogP contribution in [0.1, 0.15) is 23.6 Å². The van der Waals surface area contributed by atoms with Crippen LogP contribution in [0.15, 0.2) is 261 Å². The van der Waals surface area contributed by atoms with Gasteiger partial charge in [0, 0.05) is 33.4 Å². The number of fused-ring (bicyclic) bond motifs is 3. The lowest BCUT2D eigenvalue weighted by atomic mass is 9.66. The lowest BCUT2D eigenvalue weighted by Crippen LogP contribution is -2.29. The zero-order valence-electron chi connectivity index (χ0n) is 39.6. The third kappa shape index (κ3) is 7.91. The monoisotopic (exact) mass is 922 g/mol. The lowest BCUT2D eigenvalue weighted by Gasteiger charge is -2.35. The normalized spacial score (nSPS) is 12.5. The molecular formula is C66H46N6. The smallest absolute Gasteiger partial charge is 0.164 e. The van der Waals surface area contributed by atoms with Crippen molar-refractivity contribution < 1.29 is 0 Å². The van der Waals surface area contributed by atoms with Gasteiger partial charge in [-0.2, -0.15) is 0 Å². The predicted octanol–water partition coefficient (Wildman–Crippen LogP) is 15.8. The second-order valence-electron chi connectivity index (χ2n) is 17.8. The minimum absolute atomic E-state index is 0.591. The standard InChI is InChI=1S/C66H46N6/c1-3-54(4-2)66(58-37-19-17-35-56(58)57-36-18-20-38-59(57)66)55-42-52(48-31-21-33-50(39-48)64-69-60(44-23-9-5-10-24-44)67-61(70-64)45-25-11-6-12-26-45)41-53(43-55)49-32-22-34-51(40-49)65-71-62(46-27-13-7-14-28-46)68-63(72-65)47-29-15-8-16-30-47/h3-43H,1H2,2H3/b54-4+. The molecule has 0 spiro atoms. The third-order valence-electron chi connectivity index (χ3n) is 13.6. The molecule has 0 fully saturated rings. The van der Waals surface area contributed by atoms with E-state index in [1.54, 1.807) is 0 Å². The van der Waals surface area contributed by atoms with Crippen molar-refractivity contribution in [3.05, 3.63) is 278 Å². The van der Waals surface area contributed by atoms with E-state index in [0.717, 1.165) is 66.8 Å². The van der Waals surface area contributed by atoms with Crippen molar-refractivity contribution in [3.8, 4) is 102 Å². The number of hydrogen-bond donors (Lipinski definition) is 0. The van der Waals surface area contributed by atoms with Gasteiger partial charge < -0.3 is 0 Å². The fourth-order valence-corrected chi connectivity index (χ4v) is 10.2. The molecule has 340 valence electrons. The summed E-state index contributed by atoms with van der Waals surface area (Å²) in [6, 6.07) is 82.1. The molecule has 6 nitrogen and oxygen atoms in total. The number of rotatable bonds is 11. The van der Waals surface area contributed by atoms with Gasteiger partial charge in [-0.3, -0.25) is 0 Å². The number of aromatic nitrogens is 6. The largest absolute Gasteiger partial charge is 0.208 e. The first-order valence-corrected chi connectivity index (χ1v) is 24.2. The van der Waals surface area contributed by atoms with Gasteiger partial charge in [0.2, 0.25) is 0 Å². The number of allylic oxidation sites excluding steroid dienone is 3. The molecule has 0 bridgehead atoms. The molecule has 0 amide bonds. The van der Waals surface area contributed by atoms with Crippen molar-refractivity contribution in [3.63, 3.8) is 0 Å². The first kappa shape index (κ1) is 43.7. The molecule has 0 unspecified atom stereocenters. The minimum atomic E-state index is -0.684. The molecule has 1 aliphatic carbocycles. The molecule has 1 aliphatic rings. The summed E-state index contributed by atoms with van der Waals surface area (Å²) in [5.74, 6) is 3.64. The van der Waals surface area contributed by atoms with Gasteiger partial charge in [0.15, 0.2) is 34.9 Å². The Labute approximate surface area is 419 Å². The summed E-state index contributed by atoms with van der Waals surface area (Å²) in [5, 5.41) is 0. The Morgan fingerprint density at radius 3 is 0.958 bits per heavy atom. The molecule has 9 aromatic carbocycles. The van der Waals surface area contributed by atoms with Gasteiger partial charge >= 0.3 is 0 Å². The molecule has 0 radical (unpaired) electrons. The van der Waals surface area contributed by atoms with E-state index in [-0.39, 0.29) is 0 Å². The van der Waals surface area contributed by atoms with E-state index in [2.05, 4.69) is 135 Å². The van der Waals surface area contributed by atoms with Crippen LogP contribution >= 0.6 is 0 Å². The van der Waals surface area contributed by atoms with Gasteiger partial charge in [0.25, 0.3) is 0 Å². The average molecular weight is 923 g/mol. The van der Waals surface area contributed by atoms with Crippen LogP contribution in [0.3, 0.4) is 0 Å². The molecule has 0 saturated carbocycles. The SMILES string of the molecule is C=C/C(=C\C)C1(c2cc(-c3cccc(-c4nc(-c5ccccc5)nc(-c5ccccc5)n4)c3)cc(-c3cccc(-c4nc(-c5ccccc5)nc(-c5ccccc5)n4)c3)c2)c2ccccc2-c2ccccc21. The summed E-state index contributed by atoms with van der Waals surface area (Å²) in [4.78, 5) is 30.4. The van der Waals surface area contributed by atoms with Crippen LogP contribution in [0.4, 0.5) is 0 Å². The first-order valence-electron chi connectivity index (χ1n) is 24.2. The molecule has 72 heavy (non-hydrogen) atoms. The van der Waals surface area contributed by atoms with Crippen molar-refractivity contribution in [1.82, 2.24) is 29.9 Å². The van der Waals surface area contributed by atoms with Crippen LogP contribution in [0.5, 0.6) is 0 Å². The van der Waals surface area contributed by atoms with Crippen LogP contribution in [0.2, 0.25) is 0 Å². The molecule has 0 aliphatic heterocycles. The maximum atomic E-state index is 5.12. The quantitative estimate of drug-likeness (QED) is 0.120. The van der Waals surface area contributed by atoms with Gasteiger partial charge in [0.1, 0.15) is 0 Å². The number of benzene rings is 9. The van der Waals surface area contributed by atoms with Crippen molar-refractivity contribution in [2.75, 3.05) is 0 Å². The Hall–Kier alpha value is -9.52. The summed E-state index contributed by atoms with van der Waals surface area (Å²) in [6.45, 7) is 6.57. The van der Waals surface area contributed by atoms with Gasteiger partial charge in [-0.25, -0.2) is 29.9 Å². The molecule has 6 heteroatoms. The predicted molar refractivity (Wildman–Crippen MR) is 292 cm³/mol.